The van der Waals surface area contributed by atoms with Gasteiger partial charge >= 0.3 is 5.69 Å². The molecule has 10 nitrogen and oxygen atoms in total. The summed E-state index contributed by atoms with van der Waals surface area (Å²) in [5.74, 6) is -2.00. The number of amides is 2. The molecule has 194 valence electrons. The maximum absolute atomic E-state index is 13.1. The summed E-state index contributed by atoms with van der Waals surface area (Å²) in [5, 5.41) is 18.2. The first-order valence-electron chi connectivity index (χ1n) is 11.6. The summed E-state index contributed by atoms with van der Waals surface area (Å²) < 4.78 is 2.68. The van der Waals surface area contributed by atoms with Crippen LogP contribution >= 0.6 is 24.0 Å². The molecule has 37 heavy (non-hydrogen) atoms. The third kappa shape index (κ3) is 5.39. The van der Waals surface area contributed by atoms with Gasteiger partial charge in [0.1, 0.15) is 6.07 Å². The highest BCUT2D eigenvalue weighted by molar-refractivity contribution is 6.32. The SMILES string of the molecule is CCn1c(=O)c2cc(NC(=O)[C@@H]3CNC[C@@H]3C(=O)Nc3ccc(C#N)c(Cl)c3)ccc2n(CC)c1=O.Cl. The van der Waals surface area contributed by atoms with Gasteiger partial charge in [0.15, 0.2) is 0 Å². The minimum Gasteiger partial charge on any atom is -0.326 e. The molecule has 0 saturated carbocycles. The van der Waals surface area contributed by atoms with Crippen molar-refractivity contribution in [1.29, 1.82) is 5.26 Å². The molecule has 0 unspecified atom stereocenters. The third-order valence-electron chi connectivity index (χ3n) is 6.37. The number of aromatic nitrogens is 2. The fourth-order valence-electron chi connectivity index (χ4n) is 4.47. The van der Waals surface area contributed by atoms with Gasteiger partial charge < -0.3 is 16.0 Å². The molecule has 1 aliphatic heterocycles. The van der Waals surface area contributed by atoms with E-state index < -0.39 is 17.4 Å². The minimum atomic E-state index is -0.647. The van der Waals surface area contributed by atoms with Crippen molar-refractivity contribution in [2.24, 2.45) is 11.8 Å². The first-order valence-corrected chi connectivity index (χ1v) is 12.0. The van der Waals surface area contributed by atoms with E-state index in [2.05, 4.69) is 16.0 Å². The zero-order chi connectivity index (χ0) is 26.0. The van der Waals surface area contributed by atoms with E-state index in [1.165, 1.54) is 16.7 Å². The van der Waals surface area contributed by atoms with Crippen LogP contribution in [0.5, 0.6) is 0 Å². The van der Waals surface area contributed by atoms with E-state index in [9.17, 15) is 19.2 Å². The summed E-state index contributed by atoms with van der Waals surface area (Å²) >= 11 is 6.05. The molecule has 4 rings (SSSR count). The van der Waals surface area contributed by atoms with Crippen LogP contribution in [0.25, 0.3) is 10.9 Å². The van der Waals surface area contributed by atoms with Crippen molar-refractivity contribution in [1.82, 2.24) is 14.5 Å². The Labute approximate surface area is 223 Å². The van der Waals surface area contributed by atoms with Crippen LogP contribution in [0.2, 0.25) is 5.02 Å². The fourth-order valence-corrected chi connectivity index (χ4v) is 4.69. The highest BCUT2D eigenvalue weighted by atomic mass is 35.5. The summed E-state index contributed by atoms with van der Waals surface area (Å²) in [6, 6.07) is 11.4. The Morgan fingerprint density at radius 1 is 1.00 bits per heavy atom. The lowest BCUT2D eigenvalue weighted by Gasteiger charge is -2.18. The predicted octanol–water partition coefficient (Wildman–Crippen LogP) is 2.56. The Morgan fingerprint density at radius 2 is 1.57 bits per heavy atom. The van der Waals surface area contributed by atoms with Crippen molar-refractivity contribution in [2.45, 2.75) is 26.9 Å². The molecule has 3 aromatic rings. The Hall–Kier alpha value is -3.65. The molecule has 1 fully saturated rings. The van der Waals surface area contributed by atoms with E-state index >= 15 is 0 Å². The quantitative estimate of drug-likeness (QED) is 0.436. The molecule has 12 heteroatoms. The van der Waals surface area contributed by atoms with Crippen LogP contribution in [0.1, 0.15) is 19.4 Å². The standard InChI is InChI=1S/C25H25ClN6O4.ClH/c1-3-31-21-8-7-15(9-17(21)24(35)32(4-2)25(31)36)29-22(33)18-12-28-13-19(18)23(34)30-16-6-5-14(11-27)20(26)10-16;/h5-10,18-19,28H,3-4,12-13H2,1-2H3,(H,29,33)(H,30,34);1H/t18-,19+;/m1./s1. The van der Waals surface area contributed by atoms with Crippen LogP contribution in [0, 0.1) is 23.2 Å². The number of nitrogens with zero attached hydrogens (tertiary/aromatic N) is 3. The lowest BCUT2D eigenvalue weighted by Crippen LogP contribution is -2.39. The van der Waals surface area contributed by atoms with Crippen molar-refractivity contribution in [3.63, 3.8) is 0 Å². The number of carbonyl (C=O) groups is 2. The van der Waals surface area contributed by atoms with Crippen molar-refractivity contribution in [2.75, 3.05) is 23.7 Å². The first-order chi connectivity index (χ1) is 17.3. The normalized spacial score (nSPS) is 16.6. The molecule has 0 radical (unpaired) electrons. The second kappa shape index (κ2) is 11.6. The number of fused-ring (bicyclic) bond motifs is 1. The maximum atomic E-state index is 13.1. The van der Waals surface area contributed by atoms with Gasteiger partial charge in [-0.15, -0.1) is 12.4 Å². The van der Waals surface area contributed by atoms with Crippen molar-refractivity contribution < 1.29 is 9.59 Å². The highest BCUT2D eigenvalue weighted by Gasteiger charge is 2.38. The molecule has 1 aliphatic rings. The van der Waals surface area contributed by atoms with Gasteiger partial charge in [-0.3, -0.25) is 23.5 Å². The smallest absolute Gasteiger partial charge is 0.326 e. The minimum absolute atomic E-state index is 0. The van der Waals surface area contributed by atoms with E-state index in [0.29, 0.717) is 47.5 Å². The summed E-state index contributed by atoms with van der Waals surface area (Å²) in [5.41, 5.74) is 0.836. The number of nitriles is 1. The topological polar surface area (TPSA) is 138 Å². The number of hydrogen-bond donors (Lipinski definition) is 3. The molecule has 2 heterocycles. The zero-order valence-corrected chi connectivity index (χ0v) is 21.8. The number of nitrogens with one attached hydrogen (secondary N) is 3. The predicted molar refractivity (Wildman–Crippen MR) is 144 cm³/mol. The number of hydrogen-bond acceptors (Lipinski definition) is 6. The van der Waals surface area contributed by atoms with Crippen molar-refractivity contribution >= 4 is 58.1 Å². The van der Waals surface area contributed by atoms with Crippen molar-refractivity contribution in [3.05, 3.63) is 67.8 Å². The van der Waals surface area contributed by atoms with Gasteiger partial charge in [0, 0.05) is 37.6 Å². The van der Waals surface area contributed by atoms with Crippen LogP contribution in [-0.2, 0) is 22.7 Å². The van der Waals surface area contributed by atoms with Gasteiger partial charge in [0.25, 0.3) is 5.56 Å². The second-order valence-corrected chi connectivity index (χ2v) is 8.87. The molecule has 3 N–H and O–H groups in total. The Bertz CT molecular complexity index is 1520. The average molecular weight is 545 g/mol. The molecule has 2 aromatic carbocycles. The Kier molecular flexibility index (Phi) is 8.76. The molecule has 0 spiro atoms. The number of halogens is 2. The first kappa shape index (κ1) is 27.9. The number of aryl methyl sites for hydroxylation is 1. The third-order valence-corrected chi connectivity index (χ3v) is 6.68. The summed E-state index contributed by atoms with van der Waals surface area (Å²) in [6.45, 7) is 4.81. The molecule has 1 aromatic heterocycles. The van der Waals surface area contributed by atoms with Gasteiger partial charge in [-0.25, -0.2) is 4.79 Å². The van der Waals surface area contributed by atoms with E-state index in [1.54, 1.807) is 31.2 Å². The molecular formula is C25H26Cl2N6O4. The van der Waals surface area contributed by atoms with Gasteiger partial charge in [-0.2, -0.15) is 5.26 Å². The van der Waals surface area contributed by atoms with Gasteiger partial charge in [0.2, 0.25) is 11.8 Å². The Morgan fingerprint density at radius 3 is 2.11 bits per heavy atom. The van der Waals surface area contributed by atoms with E-state index in [1.807, 2.05) is 13.0 Å². The molecule has 2 amide bonds. The highest BCUT2D eigenvalue weighted by Crippen LogP contribution is 2.25. The van der Waals surface area contributed by atoms with Gasteiger partial charge in [0.05, 0.1) is 33.3 Å². The second-order valence-electron chi connectivity index (χ2n) is 8.46. The van der Waals surface area contributed by atoms with Crippen LogP contribution in [0.15, 0.2) is 46.0 Å². The maximum Gasteiger partial charge on any atom is 0.331 e. The molecule has 0 bridgehead atoms. The van der Waals surface area contributed by atoms with E-state index in [4.69, 9.17) is 16.9 Å². The van der Waals surface area contributed by atoms with Crippen LogP contribution in [0.4, 0.5) is 11.4 Å². The number of carbonyl (C=O) groups excluding carboxylic acids is 2. The number of rotatable bonds is 6. The van der Waals surface area contributed by atoms with Crippen LogP contribution in [0.3, 0.4) is 0 Å². The van der Waals surface area contributed by atoms with E-state index in [0.717, 1.165) is 4.57 Å². The molecule has 1 saturated heterocycles. The Balaban J connectivity index is 0.00000380. The van der Waals surface area contributed by atoms with Crippen LogP contribution < -0.4 is 27.2 Å². The largest absolute Gasteiger partial charge is 0.331 e. The monoisotopic (exact) mass is 544 g/mol. The lowest BCUT2D eigenvalue weighted by atomic mass is 9.94. The number of anilines is 2. The molecule has 0 aliphatic carbocycles. The number of benzene rings is 2. The van der Waals surface area contributed by atoms with Crippen LogP contribution in [-0.4, -0.2) is 34.0 Å². The average Bonchev–Trinajstić information content (AvgIpc) is 3.36. The fraction of sp³-hybridized carbons (Fsp3) is 0.320. The van der Waals surface area contributed by atoms with E-state index in [-0.39, 0.29) is 41.5 Å². The molecule has 2 atom stereocenters. The molecular weight excluding hydrogens is 519 g/mol. The summed E-state index contributed by atoms with van der Waals surface area (Å²) in [4.78, 5) is 51.5. The van der Waals surface area contributed by atoms with Gasteiger partial charge in [-0.1, -0.05) is 11.6 Å². The van der Waals surface area contributed by atoms with Gasteiger partial charge in [-0.05, 0) is 50.2 Å². The summed E-state index contributed by atoms with van der Waals surface area (Å²) in [6.07, 6.45) is 0. The summed E-state index contributed by atoms with van der Waals surface area (Å²) in [7, 11) is 0. The van der Waals surface area contributed by atoms with Crippen molar-refractivity contribution in [3.8, 4) is 6.07 Å². The zero-order valence-electron chi connectivity index (χ0n) is 20.2. The lowest BCUT2D eigenvalue weighted by molar-refractivity contribution is -0.127.